The SMILES string of the molecule is CC(=O)[C@H]1NC[C@@H]2OC(C)(C)[C@@H]21. The first kappa shape index (κ1) is 8.20. The van der Waals surface area contributed by atoms with Gasteiger partial charge in [0.2, 0.25) is 0 Å². The maximum Gasteiger partial charge on any atom is 0.147 e. The number of carbonyl (C=O) groups excluding carboxylic acids is 1. The molecule has 3 atom stereocenters. The molecule has 0 aromatic carbocycles. The highest BCUT2D eigenvalue weighted by Gasteiger charge is 2.57. The molecule has 2 aliphatic rings. The van der Waals surface area contributed by atoms with Gasteiger partial charge < -0.3 is 10.1 Å². The van der Waals surface area contributed by atoms with Crippen molar-refractivity contribution in [3.63, 3.8) is 0 Å². The van der Waals surface area contributed by atoms with Gasteiger partial charge in [-0.2, -0.15) is 0 Å². The molecule has 0 radical (unpaired) electrons. The van der Waals surface area contributed by atoms with Gasteiger partial charge in [0.1, 0.15) is 5.78 Å². The Hall–Kier alpha value is -0.410. The van der Waals surface area contributed by atoms with Gasteiger partial charge in [-0.3, -0.25) is 4.79 Å². The lowest BCUT2D eigenvalue weighted by molar-refractivity contribution is -0.225. The number of hydrogen-bond donors (Lipinski definition) is 1. The summed E-state index contributed by atoms with van der Waals surface area (Å²) < 4.78 is 5.62. The summed E-state index contributed by atoms with van der Waals surface area (Å²) in [6.07, 6.45) is 0.272. The lowest BCUT2D eigenvalue weighted by Gasteiger charge is -2.49. The fraction of sp³-hybridized carbons (Fsp3) is 0.889. The molecule has 3 heteroatoms. The van der Waals surface area contributed by atoms with Crippen LogP contribution in [0.3, 0.4) is 0 Å². The smallest absolute Gasteiger partial charge is 0.147 e. The summed E-state index contributed by atoms with van der Waals surface area (Å²) in [7, 11) is 0. The molecule has 2 saturated heterocycles. The summed E-state index contributed by atoms with van der Waals surface area (Å²) >= 11 is 0. The normalized spacial score (nSPS) is 43.4. The van der Waals surface area contributed by atoms with Gasteiger partial charge in [0.05, 0.1) is 17.7 Å². The van der Waals surface area contributed by atoms with Crippen LogP contribution in [0.4, 0.5) is 0 Å². The van der Waals surface area contributed by atoms with E-state index in [1.165, 1.54) is 0 Å². The average Bonchev–Trinajstić information content (AvgIpc) is 2.27. The van der Waals surface area contributed by atoms with Crippen LogP contribution in [0.5, 0.6) is 0 Å². The van der Waals surface area contributed by atoms with Crippen molar-refractivity contribution in [2.75, 3.05) is 6.54 Å². The van der Waals surface area contributed by atoms with E-state index in [-0.39, 0.29) is 23.5 Å². The Balaban J connectivity index is 2.15. The number of fused-ring (bicyclic) bond motifs is 1. The van der Waals surface area contributed by atoms with E-state index in [9.17, 15) is 4.79 Å². The second-order valence-electron chi connectivity index (χ2n) is 4.28. The van der Waals surface area contributed by atoms with E-state index in [2.05, 4.69) is 19.2 Å². The van der Waals surface area contributed by atoms with E-state index < -0.39 is 0 Å². The van der Waals surface area contributed by atoms with Gasteiger partial charge in [-0.15, -0.1) is 0 Å². The van der Waals surface area contributed by atoms with Crippen LogP contribution in [0.15, 0.2) is 0 Å². The van der Waals surface area contributed by atoms with Gasteiger partial charge >= 0.3 is 0 Å². The van der Waals surface area contributed by atoms with E-state index in [0.29, 0.717) is 5.92 Å². The molecule has 0 aliphatic carbocycles. The van der Waals surface area contributed by atoms with Crippen LogP contribution in [-0.2, 0) is 9.53 Å². The Kier molecular flexibility index (Phi) is 1.57. The Morgan fingerprint density at radius 3 is 2.67 bits per heavy atom. The van der Waals surface area contributed by atoms with Crippen molar-refractivity contribution in [1.29, 1.82) is 0 Å². The summed E-state index contributed by atoms with van der Waals surface area (Å²) in [5.74, 6) is 0.619. The lowest BCUT2D eigenvalue weighted by Crippen LogP contribution is -2.59. The topological polar surface area (TPSA) is 38.3 Å². The van der Waals surface area contributed by atoms with Gasteiger partial charge in [-0.25, -0.2) is 0 Å². The molecule has 0 saturated carbocycles. The lowest BCUT2D eigenvalue weighted by atomic mass is 9.76. The summed E-state index contributed by atoms with van der Waals surface area (Å²) in [5, 5.41) is 3.20. The first-order valence-electron chi connectivity index (χ1n) is 4.44. The van der Waals surface area contributed by atoms with Gasteiger partial charge in [0, 0.05) is 12.5 Å². The molecule has 0 aromatic rings. The Labute approximate surface area is 72.5 Å². The summed E-state index contributed by atoms with van der Waals surface area (Å²) in [6.45, 7) is 6.58. The van der Waals surface area contributed by atoms with Crippen LogP contribution in [0.1, 0.15) is 20.8 Å². The Morgan fingerprint density at radius 1 is 1.58 bits per heavy atom. The molecule has 0 bridgehead atoms. The van der Waals surface area contributed by atoms with Crippen molar-refractivity contribution < 1.29 is 9.53 Å². The minimum Gasteiger partial charge on any atom is -0.370 e. The highest BCUT2D eigenvalue weighted by Crippen LogP contribution is 2.43. The van der Waals surface area contributed by atoms with Crippen LogP contribution >= 0.6 is 0 Å². The van der Waals surface area contributed by atoms with Gasteiger partial charge in [-0.05, 0) is 20.8 Å². The van der Waals surface area contributed by atoms with Crippen LogP contribution in [0.2, 0.25) is 0 Å². The molecule has 0 amide bonds. The largest absolute Gasteiger partial charge is 0.370 e. The first-order chi connectivity index (χ1) is 5.52. The van der Waals surface area contributed by atoms with Crippen LogP contribution < -0.4 is 5.32 Å². The number of rotatable bonds is 1. The Bertz CT molecular complexity index is 225. The van der Waals surface area contributed by atoms with E-state index in [1.54, 1.807) is 6.92 Å². The predicted molar refractivity (Wildman–Crippen MR) is 44.9 cm³/mol. The summed E-state index contributed by atoms with van der Waals surface area (Å²) in [4.78, 5) is 11.2. The quantitative estimate of drug-likeness (QED) is 0.615. The highest BCUT2D eigenvalue weighted by molar-refractivity contribution is 5.82. The molecule has 0 unspecified atom stereocenters. The number of ether oxygens (including phenoxy) is 1. The third kappa shape index (κ3) is 0.930. The van der Waals surface area contributed by atoms with Crippen molar-refractivity contribution in [1.82, 2.24) is 5.32 Å². The summed E-state index contributed by atoms with van der Waals surface area (Å²) in [5.41, 5.74) is -0.107. The molecular weight excluding hydrogens is 154 g/mol. The second-order valence-corrected chi connectivity index (χ2v) is 4.28. The van der Waals surface area contributed by atoms with Crippen LogP contribution in [0.25, 0.3) is 0 Å². The number of hydrogen-bond acceptors (Lipinski definition) is 3. The predicted octanol–water partition coefficient (Wildman–Crippen LogP) is 0.341. The van der Waals surface area contributed by atoms with Crippen molar-refractivity contribution in [2.24, 2.45) is 5.92 Å². The number of Topliss-reactive ketones (excluding diaryl/α,β-unsaturated/α-hetero) is 1. The van der Waals surface area contributed by atoms with E-state index in [1.807, 2.05) is 0 Å². The summed E-state index contributed by atoms with van der Waals surface area (Å²) in [6, 6.07) is 0.0266. The minimum atomic E-state index is -0.107. The van der Waals surface area contributed by atoms with Crippen molar-refractivity contribution in [3.8, 4) is 0 Å². The van der Waals surface area contributed by atoms with Crippen molar-refractivity contribution in [2.45, 2.75) is 38.5 Å². The van der Waals surface area contributed by atoms with Crippen LogP contribution in [0, 0.1) is 5.92 Å². The molecule has 12 heavy (non-hydrogen) atoms. The molecule has 1 N–H and O–H groups in total. The molecule has 3 nitrogen and oxygen atoms in total. The molecular formula is C9H15NO2. The molecule has 2 aliphatic heterocycles. The van der Waals surface area contributed by atoms with Gasteiger partial charge in [-0.1, -0.05) is 0 Å². The van der Waals surface area contributed by atoms with E-state index >= 15 is 0 Å². The van der Waals surface area contributed by atoms with E-state index in [0.717, 1.165) is 6.54 Å². The Morgan fingerprint density at radius 2 is 2.25 bits per heavy atom. The van der Waals surface area contributed by atoms with Crippen molar-refractivity contribution >= 4 is 5.78 Å². The third-order valence-corrected chi connectivity index (χ3v) is 2.99. The molecule has 0 spiro atoms. The van der Waals surface area contributed by atoms with Crippen molar-refractivity contribution in [3.05, 3.63) is 0 Å². The maximum atomic E-state index is 11.2. The van der Waals surface area contributed by atoms with Gasteiger partial charge in [0.15, 0.2) is 0 Å². The average molecular weight is 169 g/mol. The second kappa shape index (κ2) is 2.30. The zero-order chi connectivity index (χ0) is 8.93. The first-order valence-corrected chi connectivity index (χ1v) is 4.44. The fourth-order valence-corrected chi connectivity index (χ4v) is 2.47. The fourth-order valence-electron chi connectivity index (χ4n) is 2.47. The molecule has 2 heterocycles. The maximum absolute atomic E-state index is 11.2. The number of ketones is 1. The molecule has 0 aromatic heterocycles. The molecule has 2 rings (SSSR count). The van der Waals surface area contributed by atoms with Gasteiger partial charge in [0.25, 0.3) is 0 Å². The monoisotopic (exact) mass is 169 g/mol. The standard InChI is InChI=1S/C9H15NO2/c1-5(11)8-7-6(4-10-8)12-9(7,2)3/h6-8,10H,4H2,1-3H3/t6-,7-,8+/m0/s1. The number of nitrogens with one attached hydrogen (secondary N) is 1. The third-order valence-electron chi connectivity index (χ3n) is 2.99. The molecule has 2 fully saturated rings. The van der Waals surface area contributed by atoms with E-state index in [4.69, 9.17) is 4.74 Å². The van der Waals surface area contributed by atoms with Crippen LogP contribution in [-0.4, -0.2) is 30.1 Å². The zero-order valence-electron chi connectivity index (χ0n) is 7.76. The zero-order valence-corrected chi connectivity index (χ0v) is 7.76. The highest BCUT2D eigenvalue weighted by atomic mass is 16.5. The number of carbonyl (C=O) groups is 1. The minimum absolute atomic E-state index is 0.0266. The molecule has 68 valence electrons.